The maximum Gasteiger partial charge on any atom is -0.000932 e. The lowest BCUT2D eigenvalue weighted by molar-refractivity contribution is 0.715. The Hall–Kier alpha value is -4.25. The molecule has 0 fully saturated rings. The second-order valence-electron chi connectivity index (χ2n) is 17.9. The molecule has 6 aromatic rings. The molecule has 0 radical (unpaired) electrons. The first-order valence-electron chi connectivity index (χ1n) is 20.0. The predicted molar refractivity (Wildman–Crippen MR) is 242 cm³/mol. The van der Waals surface area contributed by atoms with Crippen LogP contribution in [0.2, 0.25) is 0 Å². The van der Waals surface area contributed by atoms with Gasteiger partial charge in [0.05, 0.1) is 0 Å². The molecule has 0 aliphatic rings. The van der Waals surface area contributed by atoms with Crippen LogP contribution in [0.1, 0.15) is 118 Å². The fourth-order valence-corrected chi connectivity index (χ4v) is 13.0. The van der Waals surface area contributed by atoms with Gasteiger partial charge in [0.15, 0.2) is 0 Å². The van der Waals surface area contributed by atoms with Crippen molar-refractivity contribution in [2.24, 2.45) is 0 Å². The van der Waals surface area contributed by atoms with Gasteiger partial charge in [-0.25, -0.2) is 0 Å². The van der Waals surface area contributed by atoms with E-state index in [1.807, 2.05) is 0 Å². The van der Waals surface area contributed by atoms with Gasteiger partial charge in [0.25, 0.3) is 0 Å². The molecule has 0 saturated carbocycles. The largest absolute Gasteiger partial charge is 0.0629 e. The summed E-state index contributed by atoms with van der Waals surface area (Å²) in [7, 11) is -0.805. The zero-order valence-electron chi connectivity index (χ0n) is 34.9. The van der Waals surface area contributed by atoms with Crippen LogP contribution in [-0.4, -0.2) is 10.3 Å². The molecule has 0 atom stereocenters. The summed E-state index contributed by atoms with van der Waals surface area (Å²) < 4.78 is 0. The smallest absolute Gasteiger partial charge is 0.000932 e. The molecule has 0 aromatic heterocycles. The zero-order chi connectivity index (χ0) is 38.9. The maximum absolute atomic E-state index is 2.56. The third-order valence-electron chi connectivity index (χ3n) is 10.7. The van der Waals surface area contributed by atoms with Gasteiger partial charge in [-0.3, -0.25) is 0 Å². The van der Waals surface area contributed by atoms with E-state index in [9.17, 15) is 0 Å². The van der Waals surface area contributed by atoms with E-state index in [4.69, 9.17) is 0 Å². The van der Waals surface area contributed by atoms with Crippen molar-refractivity contribution in [1.29, 1.82) is 0 Å². The molecule has 0 saturated heterocycles. The minimum atomic E-state index is -0.805. The molecule has 278 valence electrons. The normalized spacial score (nSPS) is 12.4. The molecular formula is C53H61P. The van der Waals surface area contributed by atoms with Crippen molar-refractivity contribution in [1.82, 2.24) is 0 Å². The van der Waals surface area contributed by atoms with Crippen LogP contribution in [0.4, 0.5) is 0 Å². The first-order chi connectivity index (χ1) is 25.6. The van der Waals surface area contributed by atoms with Gasteiger partial charge in [-0.15, -0.1) is 0 Å². The van der Waals surface area contributed by atoms with Gasteiger partial charge < -0.3 is 0 Å². The van der Waals surface area contributed by atoms with Crippen LogP contribution in [-0.2, 0) is 0 Å². The highest BCUT2D eigenvalue weighted by Crippen LogP contribution is 2.64. The summed E-state index contributed by atoms with van der Waals surface area (Å²) in [6.07, 6.45) is 0. The summed E-state index contributed by atoms with van der Waals surface area (Å²) >= 11 is 0. The molecule has 6 rings (SSSR count). The van der Waals surface area contributed by atoms with E-state index in [-0.39, 0.29) is 10.3 Å². The highest BCUT2D eigenvalue weighted by atomic mass is 31.1. The lowest BCUT2D eigenvalue weighted by Crippen LogP contribution is -2.34. The van der Waals surface area contributed by atoms with Crippen molar-refractivity contribution in [3.8, 4) is 55.6 Å². The molecule has 0 aliphatic heterocycles. The molecule has 0 N–H and O–H groups in total. The van der Waals surface area contributed by atoms with Crippen LogP contribution in [0.5, 0.6) is 0 Å². The number of benzene rings is 6. The number of hydrogen-bond donors (Lipinski definition) is 0. The Morgan fingerprint density at radius 3 is 0.944 bits per heavy atom. The van der Waals surface area contributed by atoms with E-state index in [0.29, 0.717) is 17.8 Å². The van der Waals surface area contributed by atoms with Gasteiger partial charge in [-0.05, 0) is 106 Å². The standard InChI is InChI=1S/C53H61P/c1-35(2)42-33-43(36(3)4)49(44(34-42)37(5)6)50-47(40-29-21-15-22-30-40)45(38-25-17-13-18-26-38)46(39-27-19-14-20-28-39)48(41-31-23-16-24-32-41)51(50)54(52(7,8)9)53(10,11)12/h13-37H,1-12H3. The second-order valence-corrected chi connectivity index (χ2v) is 21.7. The van der Waals surface area contributed by atoms with E-state index in [0.717, 1.165) is 0 Å². The van der Waals surface area contributed by atoms with Crippen LogP contribution >= 0.6 is 7.92 Å². The minimum absolute atomic E-state index is 0.00406. The third-order valence-corrected chi connectivity index (χ3v) is 14.2. The van der Waals surface area contributed by atoms with E-state index in [1.54, 1.807) is 0 Å². The monoisotopic (exact) mass is 728 g/mol. The molecule has 54 heavy (non-hydrogen) atoms. The quantitative estimate of drug-likeness (QED) is 0.130. The molecule has 0 unspecified atom stereocenters. The minimum Gasteiger partial charge on any atom is -0.0629 e. The van der Waals surface area contributed by atoms with Gasteiger partial charge in [-0.1, -0.05) is 224 Å². The van der Waals surface area contributed by atoms with Gasteiger partial charge in [-0.2, -0.15) is 0 Å². The topological polar surface area (TPSA) is 0 Å². The van der Waals surface area contributed by atoms with Gasteiger partial charge in [0.1, 0.15) is 0 Å². The average molecular weight is 729 g/mol. The van der Waals surface area contributed by atoms with Crippen molar-refractivity contribution in [2.45, 2.75) is 111 Å². The molecule has 1 heteroatoms. The average Bonchev–Trinajstić information content (AvgIpc) is 3.14. The van der Waals surface area contributed by atoms with E-state index < -0.39 is 7.92 Å². The van der Waals surface area contributed by atoms with Crippen LogP contribution in [0.25, 0.3) is 55.6 Å². The molecule has 0 heterocycles. The van der Waals surface area contributed by atoms with E-state index in [2.05, 4.69) is 217 Å². The molecular weight excluding hydrogens is 668 g/mol. The fourth-order valence-electron chi connectivity index (χ4n) is 8.69. The van der Waals surface area contributed by atoms with Crippen molar-refractivity contribution >= 4 is 13.2 Å². The fraction of sp³-hybridized carbons (Fsp3) is 0.321. The molecule has 0 aliphatic carbocycles. The van der Waals surface area contributed by atoms with Gasteiger partial charge >= 0.3 is 0 Å². The van der Waals surface area contributed by atoms with Crippen molar-refractivity contribution in [3.63, 3.8) is 0 Å². The van der Waals surface area contributed by atoms with Crippen LogP contribution < -0.4 is 5.30 Å². The Bertz CT molecular complexity index is 2130. The Morgan fingerprint density at radius 1 is 0.352 bits per heavy atom. The maximum atomic E-state index is 2.56. The van der Waals surface area contributed by atoms with Crippen molar-refractivity contribution < 1.29 is 0 Å². The summed E-state index contributed by atoms with van der Waals surface area (Å²) in [6, 6.07) is 50.3. The van der Waals surface area contributed by atoms with Crippen molar-refractivity contribution in [2.75, 3.05) is 0 Å². The Morgan fingerprint density at radius 2 is 0.648 bits per heavy atom. The van der Waals surface area contributed by atoms with Gasteiger partial charge in [0, 0.05) is 0 Å². The SMILES string of the molecule is CC(C)c1cc(C(C)C)c(-c2c(-c3ccccc3)c(-c3ccccc3)c(-c3ccccc3)c(-c3ccccc3)c2P(C(C)(C)C)C(C)(C)C)c(C(C)C)c1. The second kappa shape index (κ2) is 15.8. The Kier molecular flexibility index (Phi) is 11.6. The molecule has 6 aromatic carbocycles. The summed E-state index contributed by atoms with van der Waals surface area (Å²) in [4.78, 5) is 0. The first kappa shape index (κ1) is 39.4. The summed E-state index contributed by atoms with van der Waals surface area (Å²) in [5.41, 5.74) is 17.6. The molecule has 0 amide bonds. The lowest BCUT2D eigenvalue weighted by Gasteiger charge is -2.45. The molecule has 0 bridgehead atoms. The zero-order valence-corrected chi connectivity index (χ0v) is 35.8. The predicted octanol–water partition coefficient (Wildman–Crippen LogP) is 16.1. The summed E-state index contributed by atoms with van der Waals surface area (Å²) in [5, 5.41) is 1.51. The highest BCUT2D eigenvalue weighted by Gasteiger charge is 2.42. The van der Waals surface area contributed by atoms with Crippen LogP contribution in [0.3, 0.4) is 0 Å². The lowest BCUT2D eigenvalue weighted by atomic mass is 9.74. The molecule has 0 nitrogen and oxygen atoms in total. The number of rotatable bonds is 9. The Labute approximate surface area is 328 Å². The van der Waals surface area contributed by atoms with Crippen LogP contribution in [0.15, 0.2) is 133 Å². The molecule has 0 spiro atoms. The van der Waals surface area contributed by atoms with E-state index >= 15 is 0 Å². The van der Waals surface area contributed by atoms with E-state index in [1.165, 1.54) is 77.6 Å². The summed E-state index contributed by atoms with van der Waals surface area (Å²) in [5.74, 6) is 1.10. The summed E-state index contributed by atoms with van der Waals surface area (Å²) in [6.45, 7) is 29.3. The number of hydrogen-bond acceptors (Lipinski definition) is 0. The third kappa shape index (κ3) is 7.79. The first-order valence-corrected chi connectivity index (χ1v) is 21.4. The Balaban J connectivity index is 2.10. The van der Waals surface area contributed by atoms with Crippen molar-refractivity contribution in [3.05, 3.63) is 150 Å². The van der Waals surface area contributed by atoms with Gasteiger partial charge in [0.2, 0.25) is 0 Å². The highest BCUT2D eigenvalue weighted by molar-refractivity contribution is 7.69. The van der Waals surface area contributed by atoms with Crippen LogP contribution in [0, 0.1) is 0 Å².